The number of aliphatic hydroxyl groups is 1. The van der Waals surface area contributed by atoms with Crippen molar-refractivity contribution in [3.63, 3.8) is 0 Å². The smallest absolute Gasteiger partial charge is 0.416 e. The summed E-state index contributed by atoms with van der Waals surface area (Å²) in [4.78, 5) is 4.24. The van der Waals surface area contributed by atoms with E-state index in [0.717, 1.165) is 17.7 Å². The highest BCUT2D eigenvalue weighted by molar-refractivity contribution is 5.54. The molecule has 0 aliphatic heterocycles. The molecular formula is C20H18F3NO2. The van der Waals surface area contributed by atoms with Crippen LogP contribution < -0.4 is 0 Å². The van der Waals surface area contributed by atoms with Gasteiger partial charge in [-0.15, -0.1) is 0 Å². The molecule has 1 unspecified atom stereocenters. The quantitative estimate of drug-likeness (QED) is 0.668. The Bertz CT molecular complexity index is 855. The van der Waals surface area contributed by atoms with Crippen LogP contribution in [-0.2, 0) is 12.6 Å². The highest BCUT2D eigenvalue weighted by Gasteiger charge is 2.30. The van der Waals surface area contributed by atoms with E-state index in [9.17, 15) is 18.3 Å². The van der Waals surface area contributed by atoms with Gasteiger partial charge in [-0.3, -0.25) is 0 Å². The van der Waals surface area contributed by atoms with Crippen LogP contribution in [0.2, 0.25) is 0 Å². The normalized spacial score (nSPS) is 13.0. The van der Waals surface area contributed by atoms with E-state index in [2.05, 4.69) is 4.98 Å². The van der Waals surface area contributed by atoms with Crippen molar-refractivity contribution in [2.75, 3.05) is 0 Å². The Balaban J connectivity index is 1.74. The van der Waals surface area contributed by atoms with Crippen LogP contribution in [-0.4, -0.2) is 10.1 Å². The molecule has 1 aromatic heterocycles. The van der Waals surface area contributed by atoms with E-state index in [0.29, 0.717) is 29.9 Å². The molecule has 0 spiro atoms. The summed E-state index contributed by atoms with van der Waals surface area (Å²) in [6.45, 7) is 1.71. The van der Waals surface area contributed by atoms with E-state index < -0.39 is 17.8 Å². The van der Waals surface area contributed by atoms with Crippen molar-refractivity contribution in [2.45, 2.75) is 32.0 Å². The number of aliphatic hydroxyl groups excluding tert-OH is 1. The summed E-state index contributed by atoms with van der Waals surface area (Å²) in [5, 5.41) is 10.4. The minimum Gasteiger partial charge on any atom is -0.438 e. The van der Waals surface area contributed by atoms with Crippen molar-refractivity contribution in [1.29, 1.82) is 0 Å². The number of alkyl halides is 3. The molecule has 0 aliphatic rings. The molecule has 136 valence electrons. The van der Waals surface area contributed by atoms with E-state index in [1.807, 2.05) is 30.3 Å². The average molecular weight is 361 g/mol. The van der Waals surface area contributed by atoms with Crippen molar-refractivity contribution >= 4 is 0 Å². The Kier molecular flexibility index (Phi) is 5.13. The predicted molar refractivity (Wildman–Crippen MR) is 91.4 cm³/mol. The van der Waals surface area contributed by atoms with Crippen LogP contribution >= 0.6 is 0 Å². The summed E-state index contributed by atoms with van der Waals surface area (Å²) >= 11 is 0. The number of aromatic nitrogens is 1. The van der Waals surface area contributed by atoms with Gasteiger partial charge in [0.05, 0.1) is 11.3 Å². The molecule has 0 amide bonds. The van der Waals surface area contributed by atoms with E-state index in [1.54, 1.807) is 6.92 Å². The van der Waals surface area contributed by atoms with Gasteiger partial charge in [-0.2, -0.15) is 13.2 Å². The van der Waals surface area contributed by atoms with Gasteiger partial charge in [-0.1, -0.05) is 30.3 Å². The van der Waals surface area contributed by atoms with Gasteiger partial charge in [0, 0.05) is 5.56 Å². The summed E-state index contributed by atoms with van der Waals surface area (Å²) < 4.78 is 43.6. The highest BCUT2D eigenvalue weighted by atomic mass is 19.4. The largest absolute Gasteiger partial charge is 0.438 e. The third-order valence-corrected chi connectivity index (χ3v) is 4.14. The zero-order valence-electron chi connectivity index (χ0n) is 14.1. The maximum Gasteiger partial charge on any atom is 0.416 e. The second-order valence-corrected chi connectivity index (χ2v) is 6.08. The third kappa shape index (κ3) is 4.14. The molecule has 3 nitrogen and oxygen atoms in total. The Labute approximate surface area is 149 Å². The number of aryl methyl sites for hydroxylation is 2. The summed E-state index contributed by atoms with van der Waals surface area (Å²) in [5.74, 6) is 0.542. The van der Waals surface area contributed by atoms with Crippen molar-refractivity contribution in [3.05, 3.63) is 77.2 Å². The summed E-state index contributed by atoms with van der Waals surface area (Å²) in [6, 6.07) is 14.4. The Morgan fingerprint density at radius 1 is 1.04 bits per heavy atom. The van der Waals surface area contributed by atoms with E-state index in [-0.39, 0.29) is 5.89 Å². The summed E-state index contributed by atoms with van der Waals surface area (Å²) in [6.07, 6.45) is -4.07. The number of halogens is 3. The van der Waals surface area contributed by atoms with Gasteiger partial charge >= 0.3 is 6.18 Å². The van der Waals surface area contributed by atoms with Crippen molar-refractivity contribution < 1.29 is 22.7 Å². The average Bonchev–Trinajstić information content (AvgIpc) is 3.02. The van der Waals surface area contributed by atoms with Crippen molar-refractivity contribution in [2.24, 2.45) is 0 Å². The lowest BCUT2D eigenvalue weighted by molar-refractivity contribution is -0.137. The van der Waals surface area contributed by atoms with Crippen molar-refractivity contribution in [3.8, 4) is 11.5 Å². The molecule has 0 radical (unpaired) electrons. The summed E-state index contributed by atoms with van der Waals surface area (Å²) in [7, 11) is 0. The van der Waals surface area contributed by atoms with E-state index in [4.69, 9.17) is 4.42 Å². The molecule has 1 heterocycles. The van der Waals surface area contributed by atoms with Gasteiger partial charge in [0.25, 0.3) is 0 Å². The number of rotatable bonds is 5. The van der Waals surface area contributed by atoms with Crippen LogP contribution in [0.3, 0.4) is 0 Å². The maximum atomic E-state index is 12.6. The topological polar surface area (TPSA) is 46.3 Å². The van der Waals surface area contributed by atoms with Gasteiger partial charge in [-0.25, -0.2) is 4.98 Å². The number of hydrogen-bond donors (Lipinski definition) is 1. The van der Waals surface area contributed by atoms with Gasteiger partial charge in [0.2, 0.25) is 5.89 Å². The Hall–Kier alpha value is -2.60. The predicted octanol–water partition coefficient (Wildman–Crippen LogP) is 5.34. The highest BCUT2D eigenvalue weighted by Crippen LogP contribution is 2.32. The molecule has 1 N–H and O–H groups in total. The molecule has 0 aliphatic carbocycles. The minimum absolute atomic E-state index is 0.199. The van der Waals surface area contributed by atoms with E-state index in [1.165, 1.54) is 12.1 Å². The molecule has 2 aromatic carbocycles. The molecule has 26 heavy (non-hydrogen) atoms. The summed E-state index contributed by atoms with van der Waals surface area (Å²) in [5.41, 5.74) is 1.34. The van der Waals surface area contributed by atoms with Crippen LogP contribution in [0.5, 0.6) is 0 Å². The second kappa shape index (κ2) is 7.33. The number of benzene rings is 2. The van der Waals surface area contributed by atoms with Crippen LogP contribution in [0, 0.1) is 6.92 Å². The second-order valence-electron chi connectivity index (χ2n) is 6.08. The van der Waals surface area contributed by atoms with Gasteiger partial charge in [0.15, 0.2) is 5.76 Å². The van der Waals surface area contributed by atoms with Gasteiger partial charge in [0.1, 0.15) is 6.10 Å². The lowest BCUT2D eigenvalue weighted by Gasteiger charge is -2.08. The lowest BCUT2D eigenvalue weighted by atomic mass is 10.1. The first-order chi connectivity index (χ1) is 12.3. The molecular weight excluding hydrogens is 343 g/mol. The molecule has 1 atom stereocenters. The molecule has 0 bridgehead atoms. The first-order valence-electron chi connectivity index (χ1n) is 8.21. The van der Waals surface area contributed by atoms with Crippen LogP contribution in [0.25, 0.3) is 11.5 Å². The van der Waals surface area contributed by atoms with Gasteiger partial charge < -0.3 is 9.52 Å². The fraction of sp³-hybridized carbons (Fsp3) is 0.250. The molecule has 0 saturated heterocycles. The van der Waals surface area contributed by atoms with Crippen LogP contribution in [0.15, 0.2) is 59.0 Å². The molecule has 6 heteroatoms. The fourth-order valence-electron chi connectivity index (χ4n) is 2.72. The van der Waals surface area contributed by atoms with E-state index >= 15 is 0 Å². The standard InChI is InChI=1S/C20H18F3NO2/c1-13-18(17(25)12-7-14-5-3-2-4-6-14)26-19(24-13)15-8-10-16(11-9-15)20(21,22)23/h2-6,8-11,17,25H,7,12H2,1H3. The lowest BCUT2D eigenvalue weighted by Crippen LogP contribution is -2.03. The Morgan fingerprint density at radius 3 is 2.31 bits per heavy atom. The molecule has 3 rings (SSSR count). The number of oxazole rings is 1. The minimum atomic E-state index is -4.39. The first kappa shape index (κ1) is 18.2. The molecule has 0 saturated carbocycles. The first-order valence-corrected chi connectivity index (χ1v) is 8.21. The molecule has 3 aromatic rings. The van der Waals surface area contributed by atoms with Crippen LogP contribution in [0.1, 0.15) is 35.1 Å². The monoisotopic (exact) mass is 361 g/mol. The maximum absolute atomic E-state index is 12.6. The SMILES string of the molecule is Cc1nc(-c2ccc(C(F)(F)F)cc2)oc1C(O)CCc1ccccc1. The Morgan fingerprint density at radius 2 is 1.69 bits per heavy atom. The number of nitrogens with zero attached hydrogens (tertiary/aromatic N) is 1. The van der Waals surface area contributed by atoms with Crippen molar-refractivity contribution in [1.82, 2.24) is 4.98 Å². The zero-order valence-corrected chi connectivity index (χ0v) is 14.1. The van der Waals surface area contributed by atoms with Crippen LogP contribution in [0.4, 0.5) is 13.2 Å². The van der Waals surface area contributed by atoms with Gasteiger partial charge in [-0.05, 0) is 49.6 Å². The fourth-order valence-corrected chi connectivity index (χ4v) is 2.72. The number of hydrogen-bond acceptors (Lipinski definition) is 3. The zero-order chi connectivity index (χ0) is 18.7. The third-order valence-electron chi connectivity index (χ3n) is 4.14. The molecule has 0 fully saturated rings.